The molecular weight excluding hydrogens is 474 g/mol. The van der Waals surface area contributed by atoms with Crippen LogP contribution in [0.25, 0.3) is 10.9 Å². The lowest BCUT2D eigenvalue weighted by molar-refractivity contribution is -0.142. The molecule has 3 heterocycles. The van der Waals surface area contributed by atoms with Gasteiger partial charge in [-0.15, -0.1) is 0 Å². The number of aromatic nitrogens is 1. The van der Waals surface area contributed by atoms with Gasteiger partial charge in [-0.3, -0.25) is 14.6 Å². The highest BCUT2D eigenvalue weighted by atomic mass is 19.1. The molecule has 3 atom stereocenters. The quantitative estimate of drug-likeness (QED) is 0.360. The first-order valence-electron chi connectivity index (χ1n) is 13.3. The third kappa shape index (κ3) is 4.97. The van der Waals surface area contributed by atoms with E-state index in [1.807, 2.05) is 36.1 Å². The number of aliphatic carboxylic acids is 1. The van der Waals surface area contributed by atoms with Crippen LogP contribution in [0.4, 0.5) is 14.5 Å². The average molecular weight is 511 g/mol. The summed E-state index contributed by atoms with van der Waals surface area (Å²) in [6, 6.07) is 9.95. The highest BCUT2D eigenvalue weighted by Crippen LogP contribution is 2.43. The van der Waals surface area contributed by atoms with E-state index in [-0.39, 0.29) is 24.2 Å². The van der Waals surface area contributed by atoms with E-state index in [2.05, 4.69) is 22.1 Å². The van der Waals surface area contributed by atoms with E-state index in [0.29, 0.717) is 12.1 Å². The van der Waals surface area contributed by atoms with Crippen molar-refractivity contribution in [2.24, 2.45) is 5.92 Å². The van der Waals surface area contributed by atoms with E-state index in [9.17, 15) is 9.90 Å². The maximum absolute atomic E-state index is 15.8. The number of likely N-dealkylation sites (tertiary alicyclic amines) is 1. The van der Waals surface area contributed by atoms with Gasteiger partial charge in [0.1, 0.15) is 11.6 Å². The number of unbranched alkanes of at least 4 members (excludes halogenated alkanes) is 1. The molecule has 1 fully saturated rings. The van der Waals surface area contributed by atoms with Gasteiger partial charge in [0.05, 0.1) is 18.0 Å². The molecule has 37 heavy (non-hydrogen) atoms. The fourth-order valence-corrected chi connectivity index (χ4v) is 5.89. The van der Waals surface area contributed by atoms with Gasteiger partial charge in [-0.25, -0.2) is 8.78 Å². The molecule has 0 spiro atoms. The first kappa shape index (κ1) is 25.7. The van der Waals surface area contributed by atoms with Crippen molar-refractivity contribution in [2.45, 2.75) is 58.2 Å². The summed E-state index contributed by atoms with van der Waals surface area (Å²) in [5.74, 6) is -2.86. The van der Waals surface area contributed by atoms with Gasteiger partial charge in [-0.1, -0.05) is 38.5 Å². The molecule has 198 valence electrons. The smallest absolute Gasteiger partial charge is 0.307 e. The number of anilines is 1. The molecule has 5 rings (SSSR count). The monoisotopic (exact) mass is 510 g/mol. The number of aromatic amines is 1. The molecule has 3 aromatic rings. The lowest BCUT2D eigenvalue weighted by Crippen LogP contribution is -2.54. The second kappa shape index (κ2) is 10.4. The number of H-pyrrole nitrogens is 1. The van der Waals surface area contributed by atoms with Gasteiger partial charge in [0.25, 0.3) is 0 Å². The topological polar surface area (TPSA) is 71.6 Å². The Morgan fingerprint density at radius 2 is 1.92 bits per heavy atom. The molecule has 0 bridgehead atoms. The van der Waals surface area contributed by atoms with Crippen LogP contribution in [0.1, 0.15) is 56.5 Å². The van der Waals surface area contributed by atoms with Crippen LogP contribution < -0.4 is 5.32 Å². The van der Waals surface area contributed by atoms with Gasteiger partial charge < -0.3 is 15.4 Å². The zero-order valence-corrected chi connectivity index (χ0v) is 21.7. The maximum atomic E-state index is 15.8. The van der Waals surface area contributed by atoms with Crippen molar-refractivity contribution in [2.75, 3.05) is 31.5 Å². The molecule has 0 saturated carbocycles. The van der Waals surface area contributed by atoms with Crippen LogP contribution in [-0.2, 0) is 11.2 Å². The normalized spacial score (nSPS) is 21.5. The molecule has 1 aromatic heterocycles. The Kier molecular flexibility index (Phi) is 7.23. The number of carboxylic acids is 1. The molecule has 0 amide bonds. The SMILES string of the molecule is CCCCN1CC(Nc2cc(F)c([C@@H]3c4[nH]c5ccccc5c4C[C@@H](C)N3C[C@@H](C)C(=O)O)c(F)c2)C1. The first-order chi connectivity index (χ1) is 17.8. The van der Waals surface area contributed by atoms with E-state index in [4.69, 9.17) is 0 Å². The number of fused-ring (bicyclic) bond motifs is 3. The summed E-state index contributed by atoms with van der Waals surface area (Å²) in [6.45, 7) is 8.76. The van der Waals surface area contributed by atoms with Crippen LogP contribution in [0, 0.1) is 17.6 Å². The third-order valence-electron chi connectivity index (χ3n) is 7.93. The zero-order chi connectivity index (χ0) is 26.3. The number of rotatable bonds is 9. The molecule has 0 radical (unpaired) electrons. The van der Waals surface area contributed by atoms with E-state index >= 15 is 8.78 Å². The Bertz CT molecular complexity index is 1260. The first-order valence-corrected chi connectivity index (χ1v) is 13.3. The maximum Gasteiger partial charge on any atom is 0.307 e. The highest BCUT2D eigenvalue weighted by Gasteiger charge is 2.40. The van der Waals surface area contributed by atoms with Crippen LogP contribution in [0.2, 0.25) is 0 Å². The number of carboxylic acid groups (broad SMARTS) is 1. The van der Waals surface area contributed by atoms with E-state index in [1.165, 1.54) is 12.1 Å². The number of carbonyl (C=O) groups is 1. The molecule has 0 aliphatic carbocycles. The third-order valence-corrected chi connectivity index (χ3v) is 7.93. The number of hydrogen-bond acceptors (Lipinski definition) is 4. The van der Waals surface area contributed by atoms with Crippen molar-refractivity contribution in [1.29, 1.82) is 0 Å². The molecule has 6 nitrogen and oxygen atoms in total. The van der Waals surface area contributed by atoms with Crippen molar-refractivity contribution in [3.63, 3.8) is 0 Å². The fourth-order valence-electron chi connectivity index (χ4n) is 5.89. The van der Waals surface area contributed by atoms with Crippen LogP contribution in [-0.4, -0.2) is 64.1 Å². The predicted molar refractivity (Wildman–Crippen MR) is 142 cm³/mol. The number of para-hydroxylation sites is 1. The Labute approximate surface area is 216 Å². The molecule has 1 saturated heterocycles. The predicted octanol–water partition coefficient (Wildman–Crippen LogP) is 5.40. The van der Waals surface area contributed by atoms with Crippen LogP contribution in [0.15, 0.2) is 36.4 Å². The molecule has 0 unspecified atom stereocenters. The van der Waals surface area contributed by atoms with E-state index in [0.717, 1.165) is 54.6 Å². The fraction of sp³-hybridized carbons (Fsp3) is 0.483. The minimum absolute atomic E-state index is 0.0410. The molecule has 2 aliphatic heterocycles. The summed E-state index contributed by atoms with van der Waals surface area (Å²) in [6.07, 6.45) is 2.96. The van der Waals surface area contributed by atoms with Crippen molar-refractivity contribution < 1.29 is 18.7 Å². The Balaban J connectivity index is 1.49. The van der Waals surface area contributed by atoms with E-state index < -0.39 is 29.6 Å². The van der Waals surface area contributed by atoms with Crippen LogP contribution in [0.3, 0.4) is 0 Å². The number of benzene rings is 2. The van der Waals surface area contributed by atoms with Gasteiger partial charge in [0, 0.05) is 53.5 Å². The Hall–Kier alpha value is -2.97. The Morgan fingerprint density at radius 3 is 2.59 bits per heavy atom. The summed E-state index contributed by atoms with van der Waals surface area (Å²) in [7, 11) is 0. The van der Waals surface area contributed by atoms with Crippen molar-refractivity contribution in [3.8, 4) is 0 Å². The summed E-state index contributed by atoms with van der Waals surface area (Å²) in [4.78, 5) is 19.4. The summed E-state index contributed by atoms with van der Waals surface area (Å²) < 4.78 is 31.6. The van der Waals surface area contributed by atoms with Crippen LogP contribution in [0.5, 0.6) is 0 Å². The summed E-state index contributed by atoms with van der Waals surface area (Å²) in [5, 5.41) is 13.9. The summed E-state index contributed by atoms with van der Waals surface area (Å²) in [5.41, 5.74) is 3.08. The number of halogens is 2. The molecule has 2 aromatic carbocycles. The van der Waals surface area contributed by atoms with Gasteiger partial charge in [-0.2, -0.15) is 0 Å². The minimum Gasteiger partial charge on any atom is -0.481 e. The van der Waals surface area contributed by atoms with Crippen molar-refractivity contribution >= 4 is 22.6 Å². The summed E-state index contributed by atoms with van der Waals surface area (Å²) >= 11 is 0. The largest absolute Gasteiger partial charge is 0.481 e. The van der Waals surface area contributed by atoms with Gasteiger partial charge >= 0.3 is 5.97 Å². The highest BCUT2D eigenvalue weighted by molar-refractivity contribution is 5.85. The molecule has 3 N–H and O–H groups in total. The van der Waals surface area contributed by atoms with E-state index in [1.54, 1.807) is 6.92 Å². The van der Waals surface area contributed by atoms with Gasteiger partial charge in [0.2, 0.25) is 0 Å². The molecule has 8 heteroatoms. The average Bonchev–Trinajstić information content (AvgIpc) is 3.19. The standard InChI is InChI=1S/C29H36F2N4O2/c1-4-5-10-34-15-20(16-34)32-19-12-23(30)26(24(31)13-19)28-27-22(21-8-6-7-9-25(21)33-27)11-18(3)35(28)14-17(2)29(36)37/h6-9,12-13,17-18,20,28,32-33H,4-5,10-11,14-16H2,1-3H3,(H,36,37)/t17-,18-,28-/m1/s1. The number of hydrogen-bond donors (Lipinski definition) is 3. The van der Waals surface area contributed by atoms with Gasteiger partial charge in [-0.05, 0) is 50.1 Å². The van der Waals surface area contributed by atoms with Crippen LogP contribution >= 0.6 is 0 Å². The molecular formula is C29H36F2N4O2. The van der Waals surface area contributed by atoms with Gasteiger partial charge in [0.15, 0.2) is 0 Å². The Morgan fingerprint density at radius 1 is 1.22 bits per heavy atom. The minimum atomic E-state index is -0.928. The second-order valence-corrected chi connectivity index (χ2v) is 10.8. The zero-order valence-electron chi connectivity index (χ0n) is 21.7. The molecule has 2 aliphatic rings. The number of nitrogens with zero attached hydrogens (tertiary/aromatic N) is 2. The number of nitrogens with one attached hydrogen (secondary N) is 2. The lowest BCUT2D eigenvalue weighted by atomic mass is 9.87. The van der Waals surface area contributed by atoms with Crippen molar-refractivity contribution in [1.82, 2.24) is 14.8 Å². The lowest BCUT2D eigenvalue weighted by Gasteiger charge is -2.42. The second-order valence-electron chi connectivity index (χ2n) is 10.8. The van der Waals surface area contributed by atoms with Crippen molar-refractivity contribution in [3.05, 3.63) is 64.9 Å².